The number of nitrogens with one attached hydrogen (secondary N) is 1. The monoisotopic (exact) mass is 261 g/mol. The van der Waals surface area contributed by atoms with Crippen molar-refractivity contribution >= 4 is 5.82 Å². The third-order valence-corrected chi connectivity index (χ3v) is 4.14. The molecule has 3 nitrogen and oxygen atoms in total. The van der Waals surface area contributed by atoms with Gasteiger partial charge in [-0.25, -0.2) is 4.98 Å². The second kappa shape index (κ2) is 6.38. The van der Waals surface area contributed by atoms with Crippen molar-refractivity contribution in [1.82, 2.24) is 9.88 Å². The minimum atomic E-state index is 0.483. The van der Waals surface area contributed by atoms with Gasteiger partial charge in [-0.2, -0.15) is 0 Å². The van der Waals surface area contributed by atoms with Crippen LogP contribution in [0.3, 0.4) is 0 Å². The zero-order valence-electron chi connectivity index (χ0n) is 12.7. The molecule has 0 spiro atoms. The van der Waals surface area contributed by atoms with Gasteiger partial charge in [0.15, 0.2) is 0 Å². The van der Waals surface area contributed by atoms with E-state index in [4.69, 9.17) is 0 Å². The van der Waals surface area contributed by atoms with Gasteiger partial charge in [0.2, 0.25) is 0 Å². The Balaban J connectivity index is 2.05. The first-order valence-electron chi connectivity index (χ1n) is 7.60. The zero-order chi connectivity index (χ0) is 13.8. The van der Waals surface area contributed by atoms with Crippen molar-refractivity contribution in [3.05, 3.63) is 23.9 Å². The number of anilines is 1. The summed E-state index contributed by atoms with van der Waals surface area (Å²) in [5.74, 6) is 0.993. The van der Waals surface area contributed by atoms with Gasteiger partial charge in [0.25, 0.3) is 0 Å². The molecule has 0 unspecified atom stereocenters. The van der Waals surface area contributed by atoms with Gasteiger partial charge in [0, 0.05) is 24.3 Å². The smallest absolute Gasteiger partial charge is 0.126 e. The van der Waals surface area contributed by atoms with Crippen LogP contribution in [-0.2, 0) is 0 Å². The fraction of sp³-hybridized carbons (Fsp3) is 0.688. The van der Waals surface area contributed by atoms with Gasteiger partial charge in [-0.05, 0) is 58.2 Å². The third kappa shape index (κ3) is 3.47. The van der Waals surface area contributed by atoms with Gasteiger partial charge in [-0.15, -0.1) is 0 Å². The van der Waals surface area contributed by atoms with E-state index >= 15 is 0 Å². The first-order valence-corrected chi connectivity index (χ1v) is 7.60. The van der Waals surface area contributed by atoms with Crippen molar-refractivity contribution in [2.24, 2.45) is 0 Å². The summed E-state index contributed by atoms with van der Waals surface area (Å²) in [6, 6.07) is 6.02. The molecule has 1 fully saturated rings. The lowest BCUT2D eigenvalue weighted by atomic mass is 10.1. The van der Waals surface area contributed by atoms with Crippen molar-refractivity contribution in [3.63, 3.8) is 0 Å². The van der Waals surface area contributed by atoms with E-state index in [1.165, 1.54) is 24.9 Å². The molecule has 19 heavy (non-hydrogen) atoms. The van der Waals surface area contributed by atoms with E-state index in [-0.39, 0.29) is 0 Å². The second-order valence-corrected chi connectivity index (χ2v) is 5.92. The first kappa shape index (κ1) is 14.3. The van der Waals surface area contributed by atoms with Crippen molar-refractivity contribution in [2.75, 3.05) is 11.9 Å². The maximum absolute atomic E-state index is 4.57. The van der Waals surface area contributed by atoms with Crippen LogP contribution in [0.4, 0.5) is 5.82 Å². The minimum Gasteiger partial charge on any atom is -0.368 e. The quantitative estimate of drug-likeness (QED) is 0.873. The molecule has 2 atom stereocenters. The van der Waals surface area contributed by atoms with Crippen LogP contribution in [0.25, 0.3) is 0 Å². The summed E-state index contributed by atoms with van der Waals surface area (Å²) in [4.78, 5) is 7.15. The number of rotatable bonds is 5. The lowest BCUT2D eigenvalue weighted by Crippen LogP contribution is -2.30. The van der Waals surface area contributed by atoms with Crippen LogP contribution in [0.15, 0.2) is 18.3 Å². The molecule has 3 heteroatoms. The number of pyridine rings is 1. The van der Waals surface area contributed by atoms with Crippen LogP contribution in [-0.4, -0.2) is 28.5 Å². The van der Waals surface area contributed by atoms with Gasteiger partial charge in [0.05, 0.1) is 0 Å². The number of likely N-dealkylation sites (tertiary alicyclic amines) is 1. The average molecular weight is 261 g/mol. The summed E-state index contributed by atoms with van der Waals surface area (Å²) in [5.41, 5.74) is 1.36. The number of hydrogen-bond donors (Lipinski definition) is 1. The molecule has 1 aliphatic rings. The molecule has 1 aromatic heterocycles. The zero-order valence-corrected chi connectivity index (χ0v) is 12.7. The Bertz CT molecular complexity index is 385. The molecule has 0 bridgehead atoms. The van der Waals surface area contributed by atoms with Crippen LogP contribution in [0.1, 0.15) is 58.6 Å². The highest BCUT2D eigenvalue weighted by Gasteiger charge is 2.27. The second-order valence-electron chi connectivity index (χ2n) is 5.92. The highest BCUT2D eigenvalue weighted by molar-refractivity contribution is 5.37. The lowest BCUT2D eigenvalue weighted by molar-refractivity contribution is 0.205. The van der Waals surface area contributed by atoms with Crippen LogP contribution in [0.2, 0.25) is 0 Å². The SMILES string of the molecule is CC[C@@H](C)Nc1ccc([C@@H]2CCCN2C(C)C)cn1. The van der Waals surface area contributed by atoms with Gasteiger partial charge < -0.3 is 5.32 Å². The van der Waals surface area contributed by atoms with E-state index in [9.17, 15) is 0 Å². The van der Waals surface area contributed by atoms with Gasteiger partial charge >= 0.3 is 0 Å². The lowest BCUT2D eigenvalue weighted by Gasteiger charge is -2.28. The molecule has 0 aliphatic carbocycles. The summed E-state index contributed by atoms with van der Waals surface area (Å²) in [5, 5.41) is 3.42. The topological polar surface area (TPSA) is 28.2 Å². The van der Waals surface area contributed by atoms with Gasteiger partial charge in [0.1, 0.15) is 5.82 Å². The Morgan fingerprint density at radius 2 is 2.16 bits per heavy atom. The number of aromatic nitrogens is 1. The third-order valence-electron chi connectivity index (χ3n) is 4.14. The van der Waals surface area contributed by atoms with Gasteiger partial charge in [-0.3, -0.25) is 4.90 Å². The molecular weight excluding hydrogens is 234 g/mol. The normalized spacial score (nSPS) is 21.8. The maximum atomic E-state index is 4.57. The first-order chi connectivity index (χ1) is 9.11. The molecule has 1 aromatic rings. The van der Waals surface area contributed by atoms with Crippen molar-refractivity contribution in [1.29, 1.82) is 0 Å². The van der Waals surface area contributed by atoms with Crippen LogP contribution in [0.5, 0.6) is 0 Å². The van der Waals surface area contributed by atoms with Crippen molar-refractivity contribution in [3.8, 4) is 0 Å². The number of nitrogens with zero attached hydrogens (tertiary/aromatic N) is 2. The summed E-state index contributed by atoms with van der Waals surface area (Å²) in [7, 11) is 0. The molecule has 106 valence electrons. The molecule has 2 heterocycles. The van der Waals surface area contributed by atoms with Crippen molar-refractivity contribution in [2.45, 2.75) is 65.1 Å². The Morgan fingerprint density at radius 3 is 2.74 bits per heavy atom. The van der Waals surface area contributed by atoms with Gasteiger partial charge in [-0.1, -0.05) is 13.0 Å². The highest BCUT2D eigenvalue weighted by atomic mass is 15.2. The predicted molar refractivity (Wildman–Crippen MR) is 81.4 cm³/mol. The van der Waals surface area contributed by atoms with E-state index in [0.29, 0.717) is 18.1 Å². The molecular formula is C16H27N3. The fourth-order valence-electron chi connectivity index (χ4n) is 2.81. The molecule has 1 aliphatic heterocycles. The summed E-state index contributed by atoms with van der Waals surface area (Å²) < 4.78 is 0. The largest absolute Gasteiger partial charge is 0.368 e. The van der Waals surface area contributed by atoms with Crippen LogP contribution < -0.4 is 5.32 Å². The Kier molecular flexibility index (Phi) is 4.81. The van der Waals surface area contributed by atoms with Crippen LogP contribution in [0, 0.1) is 0 Å². The van der Waals surface area contributed by atoms with E-state index in [1.807, 2.05) is 0 Å². The summed E-state index contributed by atoms with van der Waals surface area (Å²) >= 11 is 0. The highest BCUT2D eigenvalue weighted by Crippen LogP contribution is 2.33. The Hall–Kier alpha value is -1.09. The minimum absolute atomic E-state index is 0.483. The van der Waals surface area contributed by atoms with Crippen molar-refractivity contribution < 1.29 is 0 Å². The Labute approximate surface area is 117 Å². The molecule has 1 saturated heterocycles. The van der Waals surface area contributed by atoms with Crippen LogP contribution >= 0.6 is 0 Å². The number of hydrogen-bond acceptors (Lipinski definition) is 3. The molecule has 2 rings (SSSR count). The average Bonchev–Trinajstić information content (AvgIpc) is 2.89. The molecule has 0 saturated carbocycles. The molecule has 1 N–H and O–H groups in total. The maximum Gasteiger partial charge on any atom is 0.126 e. The van der Waals surface area contributed by atoms with E-state index < -0.39 is 0 Å². The summed E-state index contributed by atoms with van der Waals surface area (Å²) in [6.07, 6.45) is 5.73. The molecule has 0 aromatic carbocycles. The molecule has 0 radical (unpaired) electrons. The summed E-state index contributed by atoms with van der Waals surface area (Å²) in [6.45, 7) is 10.2. The van der Waals surface area contributed by atoms with E-state index in [0.717, 1.165) is 12.2 Å². The fourth-order valence-corrected chi connectivity index (χ4v) is 2.81. The standard InChI is InChI=1S/C16H27N3/c1-5-13(4)18-16-9-8-14(11-17-16)15-7-6-10-19(15)12(2)3/h8-9,11-13,15H,5-7,10H2,1-4H3,(H,17,18)/t13-,15+/m1/s1. The van der Waals surface area contributed by atoms with E-state index in [1.54, 1.807) is 0 Å². The predicted octanol–water partition coefficient (Wildman–Crippen LogP) is 3.84. The molecule has 0 amide bonds. The Morgan fingerprint density at radius 1 is 1.37 bits per heavy atom. The van der Waals surface area contributed by atoms with E-state index in [2.05, 4.69) is 61.2 Å².